The van der Waals surface area contributed by atoms with Crippen molar-refractivity contribution < 1.29 is 13.5 Å². The number of hydrogen-bond acceptors (Lipinski definition) is 3. The molecule has 0 saturated carbocycles. The van der Waals surface area contributed by atoms with Gasteiger partial charge in [-0.05, 0) is 44.2 Å². The van der Waals surface area contributed by atoms with Gasteiger partial charge in [0, 0.05) is 18.1 Å². The summed E-state index contributed by atoms with van der Waals surface area (Å²) in [5.74, 6) is 0.273. The number of piperidine rings is 2. The lowest BCUT2D eigenvalue weighted by atomic mass is 9.81. The summed E-state index contributed by atoms with van der Waals surface area (Å²) in [7, 11) is 0. The number of rotatable bonds is 3. The van der Waals surface area contributed by atoms with E-state index in [1.807, 2.05) is 12.1 Å². The fourth-order valence-electron chi connectivity index (χ4n) is 3.68. The average Bonchev–Trinajstić information content (AvgIpc) is 2.38. The molecule has 2 heterocycles. The van der Waals surface area contributed by atoms with Gasteiger partial charge in [-0.1, -0.05) is 12.1 Å². The van der Waals surface area contributed by atoms with Gasteiger partial charge in [-0.3, -0.25) is 0 Å². The molecule has 3 rings (SSSR count). The first-order chi connectivity index (χ1) is 9.65. The topological polar surface area (TPSA) is 38.5 Å². The number of ether oxygens (including phenoxy) is 1. The minimum atomic E-state index is -2.79. The number of nitrogens with two attached hydrogens (primary N) is 1. The Labute approximate surface area is 117 Å². The summed E-state index contributed by atoms with van der Waals surface area (Å²) < 4.78 is 29.8. The van der Waals surface area contributed by atoms with Gasteiger partial charge in [-0.25, -0.2) is 0 Å². The number of halogens is 2. The standard InChI is InChI=1S/C15H20F2N2O/c16-15(17)20-14-7-2-1-6-13(14)19-11-4-3-5-12(19)9-10(18)8-11/h1-2,6-7,10-12,15H,3-5,8-9,18H2. The van der Waals surface area contributed by atoms with E-state index < -0.39 is 6.61 Å². The molecule has 0 spiro atoms. The van der Waals surface area contributed by atoms with Gasteiger partial charge in [0.25, 0.3) is 0 Å². The first-order valence-corrected chi connectivity index (χ1v) is 7.23. The lowest BCUT2D eigenvalue weighted by Crippen LogP contribution is -2.55. The quantitative estimate of drug-likeness (QED) is 0.925. The number of anilines is 1. The summed E-state index contributed by atoms with van der Waals surface area (Å²) in [6.45, 7) is -2.79. The van der Waals surface area contributed by atoms with E-state index in [4.69, 9.17) is 5.73 Å². The number of benzene rings is 1. The van der Waals surface area contributed by atoms with Crippen molar-refractivity contribution in [3.63, 3.8) is 0 Å². The molecule has 2 bridgehead atoms. The van der Waals surface area contributed by atoms with Crippen molar-refractivity contribution in [2.45, 2.75) is 56.8 Å². The summed E-state index contributed by atoms with van der Waals surface area (Å²) >= 11 is 0. The Morgan fingerprint density at radius 3 is 2.45 bits per heavy atom. The second kappa shape index (κ2) is 5.56. The number of alkyl halides is 2. The molecule has 110 valence electrons. The minimum Gasteiger partial charge on any atom is -0.433 e. The molecule has 2 N–H and O–H groups in total. The van der Waals surface area contributed by atoms with Gasteiger partial charge >= 0.3 is 6.61 Å². The molecule has 2 fully saturated rings. The lowest BCUT2D eigenvalue weighted by molar-refractivity contribution is -0.0497. The molecule has 2 atom stereocenters. The lowest BCUT2D eigenvalue weighted by Gasteiger charge is -2.49. The van der Waals surface area contributed by atoms with E-state index >= 15 is 0 Å². The molecular weight excluding hydrogens is 262 g/mol. The molecule has 2 aliphatic heterocycles. The highest BCUT2D eigenvalue weighted by atomic mass is 19.3. The van der Waals surface area contributed by atoms with E-state index in [1.165, 1.54) is 6.42 Å². The molecule has 0 aliphatic carbocycles. The number of fused-ring (bicyclic) bond motifs is 2. The third-order valence-corrected chi connectivity index (χ3v) is 4.37. The number of nitrogens with zero attached hydrogens (tertiary/aromatic N) is 1. The van der Waals surface area contributed by atoms with Crippen molar-refractivity contribution in [1.82, 2.24) is 0 Å². The Kier molecular flexibility index (Phi) is 3.78. The van der Waals surface area contributed by atoms with Crippen LogP contribution in [0.15, 0.2) is 24.3 Å². The van der Waals surface area contributed by atoms with Crippen LogP contribution >= 0.6 is 0 Å². The molecular formula is C15H20F2N2O. The van der Waals surface area contributed by atoms with Crippen molar-refractivity contribution in [2.24, 2.45) is 5.73 Å². The summed E-state index contributed by atoms with van der Waals surface area (Å²) in [6, 6.07) is 8.01. The number of para-hydroxylation sites is 2. The van der Waals surface area contributed by atoms with Crippen LogP contribution in [-0.2, 0) is 0 Å². The van der Waals surface area contributed by atoms with Crippen molar-refractivity contribution >= 4 is 5.69 Å². The summed E-state index contributed by atoms with van der Waals surface area (Å²) in [4.78, 5) is 2.27. The predicted molar refractivity (Wildman–Crippen MR) is 74.2 cm³/mol. The summed E-state index contributed by atoms with van der Waals surface area (Å²) in [5.41, 5.74) is 6.89. The highest BCUT2D eigenvalue weighted by molar-refractivity contribution is 5.60. The predicted octanol–water partition coefficient (Wildman–Crippen LogP) is 3.14. The average molecular weight is 282 g/mol. The molecule has 2 aliphatic rings. The second-order valence-corrected chi connectivity index (χ2v) is 5.72. The van der Waals surface area contributed by atoms with Crippen LogP contribution in [0.5, 0.6) is 5.75 Å². The highest BCUT2D eigenvalue weighted by Crippen LogP contribution is 2.41. The zero-order chi connectivity index (χ0) is 14.1. The first-order valence-electron chi connectivity index (χ1n) is 7.23. The first kappa shape index (κ1) is 13.6. The zero-order valence-corrected chi connectivity index (χ0v) is 11.3. The Hall–Kier alpha value is -1.36. The van der Waals surface area contributed by atoms with Crippen molar-refractivity contribution in [2.75, 3.05) is 4.90 Å². The van der Waals surface area contributed by atoms with Crippen LogP contribution in [0.4, 0.5) is 14.5 Å². The van der Waals surface area contributed by atoms with Gasteiger partial charge in [0.1, 0.15) is 5.75 Å². The Morgan fingerprint density at radius 2 is 1.80 bits per heavy atom. The fourth-order valence-corrected chi connectivity index (χ4v) is 3.68. The van der Waals surface area contributed by atoms with E-state index in [1.54, 1.807) is 12.1 Å². The minimum absolute atomic E-state index is 0.227. The molecule has 0 radical (unpaired) electrons. The van der Waals surface area contributed by atoms with E-state index in [0.29, 0.717) is 12.1 Å². The highest BCUT2D eigenvalue weighted by Gasteiger charge is 2.38. The smallest absolute Gasteiger partial charge is 0.387 e. The fraction of sp³-hybridized carbons (Fsp3) is 0.600. The third kappa shape index (κ3) is 2.59. The Balaban J connectivity index is 1.92. The zero-order valence-electron chi connectivity index (χ0n) is 11.3. The molecule has 20 heavy (non-hydrogen) atoms. The monoisotopic (exact) mass is 282 g/mol. The maximum atomic E-state index is 12.6. The second-order valence-electron chi connectivity index (χ2n) is 5.72. The van der Waals surface area contributed by atoms with Crippen LogP contribution in [0.2, 0.25) is 0 Å². The third-order valence-electron chi connectivity index (χ3n) is 4.37. The van der Waals surface area contributed by atoms with Crippen molar-refractivity contribution in [3.8, 4) is 5.75 Å². The van der Waals surface area contributed by atoms with Gasteiger partial charge < -0.3 is 15.4 Å². The van der Waals surface area contributed by atoms with Crippen LogP contribution in [0, 0.1) is 0 Å². The Bertz CT molecular complexity index is 455. The van der Waals surface area contributed by atoms with E-state index in [0.717, 1.165) is 31.4 Å². The van der Waals surface area contributed by atoms with Crippen LogP contribution in [0.1, 0.15) is 32.1 Å². The molecule has 1 aromatic rings. The van der Waals surface area contributed by atoms with E-state index in [-0.39, 0.29) is 11.8 Å². The molecule has 2 saturated heterocycles. The number of hydrogen-bond donors (Lipinski definition) is 1. The largest absolute Gasteiger partial charge is 0.433 e. The van der Waals surface area contributed by atoms with Gasteiger partial charge in [0.15, 0.2) is 0 Å². The maximum Gasteiger partial charge on any atom is 0.387 e. The van der Waals surface area contributed by atoms with Gasteiger partial charge in [0.05, 0.1) is 5.69 Å². The molecule has 2 unspecified atom stereocenters. The van der Waals surface area contributed by atoms with Gasteiger partial charge in [-0.15, -0.1) is 0 Å². The molecule has 1 aromatic carbocycles. The Morgan fingerprint density at radius 1 is 1.15 bits per heavy atom. The SMILES string of the molecule is NC1CC2CCCC(C1)N2c1ccccc1OC(F)F. The normalized spacial score (nSPS) is 29.6. The van der Waals surface area contributed by atoms with Crippen LogP contribution < -0.4 is 15.4 Å². The van der Waals surface area contributed by atoms with Crippen molar-refractivity contribution in [1.29, 1.82) is 0 Å². The van der Waals surface area contributed by atoms with E-state index in [9.17, 15) is 8.78 Å². The van der Waals surface area contributed by atoms with E-state index in [2.05, 4.69) is 9.64 Å². The van der Waals surface area contributed by atoms with Crippen LogP contribution in [-0.4, -0.2) is 24.7 Å². The molecule has 0 amide bonds. The van der Waals surface area contributed by atoms with Gasteiger partial charge in [0.2, 0.25) is 0 Å². The molecule has 3 nitrogen and oxygen atoms in total. The summed E-state index contributed by atoms with van der Waals surface area (Å²) in [6.07, 6.45) is 5.20. The molecule has 0 aromatic heterocycles. The van der Waals surface area contributed by atoms with Gasteiger partial charge in [-0.2, -0.15) is 8.78 Å². The van der Waals surface area contributed by atoms with Crippen LogP contribution in [0.3, 0.4) is 0 Å². The maximum absolute atomic E-state index is 12.6. The van der Waals surface area contributed by atoms with Crippen LogP contribution in [0.25, 0.3) is 0 Å². The van der Waals surface area contributed by atoms with Crippen molar-refractivity contribution in [3.05, 3.63) is 24.3 Å². The molecule has 5 heteroatoms. The summed E-state index contributed by atoms with van der Waals surface area (Å²) in [5, 5.41) is 0.